The number of hydrogen-bond donors (Lipinski definition) is 0. The zero-order chi connectivity index (χ0) is 7.35. The van der Waals surface area contributed by atoms with Crippen molar-refractivity contribution in [2.45, 2.75) is 26.1 Å². The number of ether oxygens (including phenoxy) is 1. The van der Waals surface area contributed by atoms with Gasteiger partial charge in [0.25, 0.3) is 0 Å². The van der Waals surface area contributed by atoms with Crippen molar-refractivity contribution in [3.05, 3.63) is 12.2 Å². The molecular formula is C8H10O2. The van der Waals surface area contributed by atoms with Crippen LogP contribution < -0.4 is 0 Å². The average molecular weight is 138 g/mol. The Morgan fingerprint density at radius 3 is 2.90 bits per heavy atom. The molecule has 2 atom stereocenters. The second kappa shape index (κ2) is 1.51. The van der Waals surface area contributed by atoms with Crippen LogP contribution in [0.15, 0.2) is 12.2 Å². The van der Waals surface area contributed by atoms with E-state index in [-0.39, 0.29) is 23.4 Å². The van der Waals surface area contributed by atoms with Gasteiger partial charge in [0.1, 0.15) is 12.2 Å². The second-order valence-electron chi connectivity index (χ2n) is 3.47. The second-order valence-corrected chi connectivity index (χ2v) is 3.47. The third kappa shape index (κ3) is 0.598. The van der Waals surface area contributed by atoms with Crippen LogP contribution in [0.25, 0.3) is 0 Å². The average Bonchev–Trinajstić information content (AvgIpc) is 2.58. The fourth-order valence-electron chi connectivity index (χ4n) is 1.39. The predicted octanol–water partition coefficient (Wildman–Crippen LogP) is 0.919. The van der Waals surface area contributed by atoms with E-state index in [9.17, 15) is 4.79 Å². The van der Waals surface area contributed by atoms with Crippen LogP contribution in [-0.2, 0) is 9.53 Å². The molecule has 2 heteroatoms. The monoisotopic (exact) mass is 138 g/mol. The molecule has 2 nitrogen and oxygen atoms in total. The molecule has 0 aromatic heterocycles. The van der Waals surface area contributed by atoms with E-state index in [2.05, 4.69) is 0 Å². The largest absolute Gasteiger partial charge is 0.364 e. The van der Waals surface area contributed by atoms with Gasteiger partial charge < -0.3 is 4.74 Å². The molecule has 2 aliphatic rings. The number of carbonyl (C=O) groups is 1. The molecule has 54 valence electrons. The number of fused-ring (bicyclic) bond motifs is 1. The minimum absolute atomic E-state index is 0.157. The molecule has 1 saturated heterocycles. The molecule has 0 bridgehead atoms. The van der Waals surface area contributed by atoms with Crippen molar-refractivity contribution >= 4 is 5.78 Å². The van der Waals surface area contributed by atoms with Crippen LogP contribution >= 0.6 is 0 Å². The normalized spacial score (nSPS) is 41.2. The summed E-state index contributed by atoms with van der Waals surface area (Å²) in [7, 11) is 0. The Bertz CT molecular complexity index is 215. The van der Waals surface area contributed by atoms with Crippen LogP contribution in [0.4, 0.5) is 0 Å². The van der Waals surface area contributed by atoms with Gasteiger partial charge in [0.15, 0.2) is 5.78 Å². The van der Waals surface area contributed by atoms with E-state index in [1.807, 2.05) is 19.9 Å². The lowest BCUT2D eigenvalue weighted by Crippen LogP contribution is -2.32. The van der Waals surface area contributed by atoms with Crippen molar-refractivity contribution in [3.63, 3.8) is 0 Å². The minimum Gasteiger partial charge on any atom is -0.364 e. The molecule has 0 saturated carbocycles. The first-order chi connectivity index (χ1) is 4.62. The Balaban J connectivity index is 2.35. The van der Waals surface area contributed by atoms with Gasteiger partial charge in [0, 0.05) is 0 Å². The summed E-state index contributed by atoms with van der Waals surface area (Å²) in [5, 5.41) is 0. The molecule has 1 heterocycles. The van der Waals surface area contributed by atoms with Gasteiger partial charge in [-0.05, 0) is 26.0 Å². The third-order valence-electron chi connectivity index (χ3n) is 2.31. The first-order valence-corrected chi connectivity index (χ1v) is 3.50. The molecule has 0 spiro atoms. The summed E-state index contributed by atoms with van der Waals surface area (Å²) < 4.78 is 5.26. The first-order valence-electron chi connectivity index (χ1n) is 3.50. The van der Waals surface area contributed by atoms with Crippen LogP contribution in [0.2, 0.25) is 0 Å². The lowest BCUT2D eigenvalue weighted by Gasteiger charge is -2.20. The summed E-state index contributed by atoms with van der Waals surface area (Å²) in [5.41, 5.74) is -0.278. The number of ketones is 1. The van der Waals surface area contributed by atoms with Crippen LogP contribution in [0.3, 0.4) is 0 Å². The molecular weight excluding hydrogens is 128 g/mol. The molecule has 2 unspecified atom stereocenters. The van der Waals surface area contributed by atoms with Gasteiger partial charge in [-0.25, -0.2) is 0 Å². The Labute approximate surface area is 59.9 Å². The summed E-state index contributed by atoms with van der Waals surface area (Å²) in [4.78, 5) is 11.2. The maximum absolute atomic E-state index is 11.2. The first kappa shape index (κ1) is 6.10. The van der Waals surface area contributed by atoms with E-state index in [0.29, 0.717) is 0 Å². The van der Waals surface area contributed by atoms with Gasteiger partial charge in [-0.15, -0.1) is 0 Å². The number of carbonyl (C=O) groups excluding carboxylic acids is 1. The zero-order valence-corrected chi connectivity index (χ0v) is 6.13. The highest BCUT2D eigenvalue weighted by Crippen LogP contribution is 2.42. The maximum Gasteiger partial charge on any atom is 0.163 e. The SMILES string of the molecule is CC1(C)C(=O)C=CC2OC21. The van der Waals surface area contributed by atoms with Crippen LogP contribution in [0.5, 0.6) is 0 Å². The molecule has 0 aromatic rings. The quantitative estimate of drug-likeness (QED) is 0.466. The zero-order valence-electron chi connectivity index (χ0n) is 6.13. The minimum atomic E-state index is -0.278. The highest BCUT2D eigenvalue weighted by molar-refractivity contribution is 5.96. The lowest BCUT2D eigenvalue weighted by atomic mass is 9.80. The number of rotatable bonds is 0. The maximum atomic E-state index is 11.2. The number of hydrogen-bond acceptors (Lipinski definition) is 2. The van der Waals surface area contributed by atoms with E-state index in [4.69, 9.17) is 4.74 Å². The Hall–Kier alpha value is -0.630. The summed E-state index contributed by atoms with van der Waals surface area (Å²) in [6.45, 7) is 3.87. The van der Waals surface area contributed by atoms with Crippen molar-refractivity contribution in [2.75, 3.05) is 0 Å². The van der Waals surface area contributed by atoms with Gasteiger partial charge in [0.2, 0.25) is 0 Å². The Morgan fingerprint density at radius 2 is 2.30 bits per heavy atom. The van der Waals surface area contributed by atoms with Gasteiger partial charge in [-0.1, -0.05) is 0 Å². The fourth-order valence-corrected chi connectivity index (χ4v) is 1.39. The van der Waals surface area contributed by atoms with Crippen LogP contribution in [0, 0.1) is 5.41 Å². The summed E-state index contributed by atoms with van der Waals surface area (Å²) in [6, 6.07) is 0. The molecule has 0 N–H and O–H groups in total. The summed E-state index contributed by atoms with van der Waals surface area (Å²) in [6.07, 6.45) is 3.87. The number of epoxide rings is 1. The van der Waals surface area contributed by atoms with Gasteiger partial charge >= 0.3 is 0 Å². The Kier molecular flexibility index (Phi) is 0.920. The molecule has 1 aliphatic carbocycles. The molecule has 10 heavy (non-hydrogen) atoms. The van der Waals surface area contributed by atoms with Gasteiger partial charge in [-0.3, -0.25) is 4.79 Å². The van der Waals surface area contributed by atoms with Crippen molar-refractivity contribution in [1.29, 1.82) is 0 Å². The molecule has 0 aromatic carbocycles. The molecule has 2 rings (SSSR count). The van der Waals surface area contributed by atoms with Crippen molar-refractivity contribution in [3.8, 4) is 0 Å². The van der Waals surface area contributed by atoms with Crippen molar-refractivity contribution < 1.29 is 9.53 Å². The van der Waals surface area contributed by atoms with Crippen molar-refractivity contribution in [1.82, 2.24) is 0 Å². The van der Waals surface area contributed by atoms with Crippen molar-refractivity contribution in [2.24, 2.45) is 5.41 Å². The van der Waals surface area contributed by atoms with E-state index in [0.717, 1.165) is 0 Å². The standard InChI is InChI=1S/C8H10O2/c1-8(2)6(9)4-3-5-7(8)10-5/h3-5,7H,1-2H3. The Morgan fingerprint density at radius 1 is 1.60 bits per heavy atom. The molecule has 0 amide bonds. The highest BCUT2D eigenvalue weighted by atomic mass is 16.6. The number of allylic oxidation sites excluding steroid dienone is 1. The van der Waals surface area contributed by atoms with Crippen LogP contribution in [-0.4, -0.2) is 18.0 Å². The van der Waals surface area contributed by atoms with E-state index >= 15 is 0 Å². The summed E-state index contributed by atoms with van der Waals surface area (Å²) >= 11 is 0. The van der Waals surface area contributed by atoms with E-state index in [1.165, 1.54) is 0 Å². The highest BCUT2D eigenvalue weighted by Gasteiger charge is 2.53. The molecule has 1 fully saturated rings. The smallest absolute Gasteiger partial charge is 0.163 e. The van der Waals surface area contributed by atoms with Gasteiger partial charge in [0.05, 0.1) is 5.41 Å². The third-order valence-corrected chi connectivity index (χ3v) is 2.31. The van der Waals surface area contributed by atoms with Gasteiger partial charge in [-0.2, -0.15) is 0 Å². The molecule has 1 aliphatic heterocycles. The van der Waals surface area contributed by atoms with E-state index < -0.39 is 0 Å². The van der Waals surface area contributed by atoms with Crippen LogP contribution in [0.1, 0.15) is 13.8 Å². The van der Waals surface area contributed by atoms with E-state index in [1.54, 1.807) is 6.08 Å². The fraction of sp³-hybridized carbons (Fsp3) is 0.625. The topological polar surface area (TPSA) is 29.6 Å². The predicted molar refractivity (Wildman–Crippen MR) is 36.6 cm³/mol. The summed E-state index contributed by atoms with van der Waals surface area (Å²) in [5.74, 6) is 0.186. The molecule has 0 radical (unpaired) electrons. The lowest BCUT2D eigenvalue weighted by molar-refractivity contribution is -0.123.